The largest absolute Gasteiger partial charge is 0.268 e. The Balaban J connectivity index is 2.23. The number of carbonyl (C=O) groups excluding carboxylic acids is 1. The van der Waals surface area contributed by atoms with Gasteiger partial charge in [0.1, 0.15) is 0 Å². The van der Waals surface area contributed by atoms with Gasteiger partial charge in [-0.3, -0.25) is 4.79 Å². The summed E-state index contributed by atoms with van der Waals surface area (Å²) < 4.78 is 26.8. The van der Waals surface area contributed by atoms with Crippen molar-refractivity contribution in [2.45, 2.75) is 4.90 Å². The number of rotatable bonds is 3. The monoisotopic (exact) mass is 339 g/mol. The van der Waals surface area contributed by atoms with Gasteiger partial charge in [-0.1, -0.05) is 34.1 Å². The lowest BCUT2D eigenvalue weighted by molar-refractivity contribution is 0.0981. The molecule has 0 spiro atoms. The van der Waals surface area contributed by atoms with E-state index in [1.807, 2.05) is 4.72 Å². The van der Waals surface area contributed by atoms with Crippen molar-refractivity contribution in [2.75, 3.05) is 0 Å². The maximum Gasteiger partial charge on any atom is 0.264 e. The minimum absolute atomic E-state index is 0.0416. The SMILES string of the molecule is O=C(NS(=O)(=O)c1ccc(Br)cc1)c1ccccc1. The van der Waals surface area contributed by atoms with Gasteiger partial charge < -0.3 is 0 Å². The molecule has 0 saturated heterocycles. The van der Waals surface area contributed by atoms with Gasteiger partial charge in [0.05, 0.1) is 4.90 Å². The fourth-order valence-electron chi connectivity index (χ4n) is 1.44. The third-order valence-corrected chi connectivity index (χ3v) is 4.26. The van der Waals surface area contributed by atoms with Crippen molar-refractivity contribution < 1.29 is 13.2 Å². The van der Waals surface area contributed by atoms with Crippen molar-refractivity contribution in [1.82, 2.24) is 4.72 Å². The molecule has 0 aliphatic carbocycles. The highest BCUT2D eigenvalue weighted by molar-refractivity contribution is 9.10. The maximum absolute atomic E-state index is 12.0. The smallest absolute Gasteiger partial charge is 0.264 e. The van der Waals surface area contributed by atoms with Crippen LogP contribution in [0, 0.1) is 0 Å². The van der Waals surface area contributed by atoms with Crippen LogP contribution in [-0.4, -0.2) is 14.3 Å². The minimum atomic E-state index is -3.84. The van der Waals surface area contributed by atoms with Crippen molar-refractivity contribution in [2.24, 2.45) is 0 Å². The first-order chi connectivity index (χ1) is 8.99. The van der Waals surface area contributed by atoms with Crippen LogP contribution in [0.3, 0.4) is 0 Å². The van der Waals surface area contributed by atoms with Gasteiger partial charge in [0.25, 0.3) is 15.9 Å². The lowest BCUT2D eigenvalue weighted by atomic mass is 10.2. The van der Waals surface area contributed by atoms with E-state index in [1.54, 1.807) is 42.5 Å². The molecular formula is C13H10BrNO3S. The number of amides is 1. The van der Waals surface area contributed by atoms with Gasteiger partial charge in [-0.2, -0.15) is 0 Å². The van der Waals surface area contributed by atoms with Gasteiger partial charge in [-0.15, -0.1) is 0 Å². The van der Waals surface area contributed by atoms with Crippen LogP contribution < -0.4 is 4.72 Å². The zero-order valence-electron chi connectivity index (χ0n) is 9.71. The molecule has 6 heteroatoms. The second-order valence-electron chi connectivity index (χ2n) is 3.75. The summed E-state index contributed by atoms with van der Waals surface area (Å²) in [6.07, 6.45) is 0. The molecule has 2 rings (SSSR count). The highest BCUT2D eigenvalue weighted by atomic mass is 79.9. The third kappa shape index (κ3) is 3.42. The zero-order chi connectivity index (χ0) is 13.9. The summed E-state index contributed by atoms with van der Waals surface area (Å²) in [6.45, 7) is 0. The van der Waals surface area contributed by atoms with Crippen LogP contribution >= 0.6 is 15.9 Å². The molecule has 0 saturated carbocycles. The molecule has 0 fully saturated rings. The molecule has 0 aliphatic rings. The van der Waals surface area contributed by atoms with Crippen molar-refractivity contribution >= 4 is 31.9 Å². The molecule has 0 bridgehead atoms. The van der Waals surface area contributed by atoms with Gasteiger partial charge >= 0.3 is 0 Å². The fraction of sp³-hybridized carbons (Fsp3) is 0. The standard InChI is InChI=1S/C13H10BrNO3S/c14-11-6-8-12(9-7-11)19(17,18)15-13(16)10-4-2-1-3-5-10/h1-9H,(H,15,16). The second-order valence-corrected chi connectivity index (χ2v) is 6.35. The van der Waals surface area contributed by atoms with Crippen LogP contribution in [0.4, 0.5) is 0 Å². The molecule has 1 N–H and O–H groups in total. The Morgan fingerprint density at radius 3 is 2.11 bits per heavy atom. The molecule has 98 valence electrons. The van der Waals surface area contributed by atoms with E-state index >= 15 is 0 Å². The molecule has 4 nitrogen and oxygen atoms in total. The summed E-state index contributed by atoms with van der Waals surface area (Å²) in [4.78, 5) is 11.8. The molecule has 0 radical (unpaired) electrons. The van der Waals surface area contributed by atoms with Crippen LogP contribution in [0.15, 0.2) is 64.0 Å². The zero-order valence-corrected chi connectivity index (χ0v) is 12.1. The lowest BCUT2D eigenvalue weighted by Crippen LogP contribution is -2.30. The normalized spacial score (nSPS) is 11.0. The summed E-state index contributed by atoms with van der Waals surface area (Å²) in [5.41, 5.74) is 0.295. The average molecular weight is 340 g/mol. The lowest BCUT2D eigenvalue weighted by Gasteiger charge is -2.06. The van der Waals surface area contributed by atoms with Gasteiger partial charge in [-0.05, 0) is 36.4 Å². The van der Waals surface area contributed by atoms with E-state index < -0.39 is 15.9 Å². The molecule has 2 aromatic carbocycles. The third-order valence-electron chi connectivity index (χ3n) is 2.39. The Labute approximate surface area is 119 Å². The Bertz CT molecular complexity index is 682. The first-order valence-electron chi connectivity index (χ1n) is 5.37. The predicted molar refractivity (Wildman–Crippen MR) is 75.2 cm³/mol. The van der Waals surface area contributed by atoms with Crippen molar-refractivity contribution in [3.8, 4) is 0 Å². The number of benzene rings is 2. The first-order valence-corrected chi connectivity index (χ1v) is 7.64. The van der Waals surface area contributed by atoms with Gasteiger partial charge in [0.2, 0.25) is 0 Å². The van der Waals surface area contributed by atoms with E-state index in [1.165, 1.54) is 12.1 Å². The van der Waals surface area contributed by atoms with Crippen LogP contribution in [-0.2, 0) is 10.0 Å². The van der Waals surface area contributed by atoms with E-state index in [9.17, 15) is 13.2 Å². The van der Waals surface area contributed by atoms with E-state index in [0.717, 1.165) is 4.47 Å². The Morgan fingerprint density at radius 1 is 0.947 bits per heavy atom. The number of nitrogens with one attached hydrogen (secondary N) is 1. The predicted octanol–water partition coefficient (Wildman–Crippen LogP) is 2.57. The first kappa shape index (κ1) is 13.8. The number of halogens is 1. The van der Waals surface area contributed by atoms with Crippen LogP contribution in [0.1, 0.15) is 10.4 Å². The number of hydrogen-bond acceptors (Lipinski definition) is 3. The second kappa shape index (κ2) is 5.54. The number of carbonyl (C=O) groups is 1. The highest BCUT2D eigenvalue weighted by Crippen LogP contribution is 2.14. The van der Waals surface area contributed by atoms with Crippen LogP contribution in [0.25, 0.3) is 0 Å². The summed E-state index contributed by atoms with van der Waals surface area (Å²) in [6, 6.07) is 14.2. The Hall–Kier alpha value is -1.66. The van der Waals surface area contributed by atoms with E-state index in [0.29, 0.717) is 5.56 Å². The molecule has 19 heavy (non-hydrogen) atoms. The van der Waals surface area contributed by atoms with E-state index in [4.69, 9.17) is 0 Å². The van der Waals surface area contributed by atoms with Gasteiger partial charge in [0, 0.05) is 10.0 Å². The van der Waals surface area contributed by atoms with Crippen LogP contribution in [0.2, 0.25) is 0 Å². The Kier molecular flexibility index (Phi) is 4.01. The van der Waals surface area contributed by atoms with Crippen molar-refractivity contribution in [1.29, 1.82) is 0 Å². The van der Waals surface area contributed by atoms with Gasteiger partial charge in [0.15, 0.2) is 0 Å². The van der Waals surface area contributed by atoms with E-state index in [2.05, 4.69) is 15.9 Å². The number of hydrogen-bond donors (Lipinski definition) is 1. The van der Waals surface area contributed by atoms with Crippen molar-refractivity contribution in [3.05, 3.63) is 64.6 Å². The molecular weight excluding hydrogens is 330 g/mol. The average Bonchev–Trinajstić information content (AvgIpc) is 2.40. The molecule has 0 heterocycles. The van der Waals surface area contributed by atoms with Crippen LogP contribution in [0.5, 0.6) is 0 Å². The maximum atomic E-state index is 12.0. The molecule has 0 aliphatic heterocycles. The van der Waals surface area contributed by atoms with Gasteiger partial charge in [-0.25, -0.2) is 13.1 Å². The summed E-state index contributed by atoms with van der Waals surface area (Å²) in [7, 11) is -3.84. The molecule has 0 aromatic heterocycles. The molecule has 1 amide bonds. The van der Waals surface area contributed by atoms with E-state index in [-0.39, 0.29) is 4.90 Å². The molecule has 0 atom stereocenters. The molecule has 2 aromatic rings. The summed E-state index contributed by atoms with van der Waals surface area (Å²) in [5.74, 6) is -0.650. The number of sulfonamides is 1. The quantitative estimate of drug-likeness (QED) is 0.934. The topological polar surface area (TPSA) is 63.2 Å². The molecule has 0 unspecified atom stereocenters. The minimum Gasteiger partial charge on any atom is -0.268 e. The van der Waals surface area contributed by atoms with Crippen molar-refractivity contribution in [3.63, 3.8) is 0 Å². The Morgan fingerprint density at radius 2 is 1.53 bits per heavy atom. The summed E-state index contributed by atoms with van der Waals surface area (Å²) in [5, 5.41) is 0. The summed E-state index contributed by atoms with van der Waals surface area (Å²) >= 11 is 3.22. The highest BCUT2D eigenvalue weighted by Gasteiger charge is 2.18. The fourth-order valence-corrected chi connectivity index (χ4v) is 2.68.